The Kier molecular flexibility index (Phi) is 8.71. The number of esters is 1. The van der Waals surface area contributed by atoms with Gasteiger partial charge in [-0.25, -0.2) is 9.07 Å². The molecule has 3 aromatic rings. The lowest BCUT2D eigenvalue weighted by Gasteiger charge is -2.26. The topological polar surface area (TPSA) is 98.1 Å². The third kappa shape index (κ3) is 7.90. The van der Waals surface area contributed by atoms with Gasteiger partial charge in [0.15, 0.2) is 10.7 Å². The predicted molar refractivity (Wildman–Crippen MR) is 133 cm³/mol. The van der Waals surface area contributed by atoms with Gasteiger partial charge in [-0.2, -0.15) is 0 Å². The van der Waals surface area contributed by atoms with Crippen LogP contribution in [0.1, 0.15) is 26.3 Å². The summed E-state index contributed by atoms with van der Waals surface area (Å²) >= 11 is 18.3. The number of aromatic nitrogens is 3. The Morgan fingerprint density at radius 2 is 1.83 bits per heavy atom. The van der Waals surface area contributed by atoms with Crippen LogP contribution >= 0.6 is 34.8 Å². The minimum Gasteiger partial charge on any atom is -0.459 e. The van der Waals surface area contributed by atoms with Crippen molar-refractivity contribution in [3.63, 3.8) is 0 Å². The minimum absolute atomic E-state index is 0.117. The molecule has 0 fully saturated rings. The van der Waals surface area contributed by atoms with Crippen molar-refractivity contribution in [3.05, 3.63) is 70.2 Å². The number of hydrogen-bond acceptors (Lipinski definition) is 6. The molecule has 1 amide bonds. The first-order chi connectivity index (χ1) is 16.4. The summed E-state index contributed by atoms with van der Waals surface area (Å²) < 4.78 is 20.1. The number of nitrogens with zero attached hydrogens (tertiary/aromatic N) is 3. The van der Waals surface area contributed by atoms with Crippen LogP contribution in [0.5, 0.6) is 0 Å². The molecule has 12 heteroatoms. The molecule has 0 bridgehead atoms. The van der Waals surface area contributed by atoms with Crippen molar-refractivity contribution in [1.29, 1.82) is 0 Å². The number of amides is 1. The Morgan fingerprint density at radius 3 is 2.43 bits per heavy atom. The number of carbonyl (C=O) groups excluding carboxylic acids is 2. The quantitative estimate of drug-likeness (QED) is 0.242. The third-order valence-electron chi connectivity index (χ3n) is 4.55. The fourth-order valence-corrected chi connectivity index (χ4v) is 3.56. The second kappa shape index (κ2) is 11.3. The van der Waals surface area contributed by atoms with Crippen LogP contribution in [0, 0.1) is 5.82 Å². The molecular formula is C23H23Cl3FN5O3. The molecule has 1 aromatic heterocycles. The lowest BCUT2D eigenvalue weighted by molar-refractivity contribution is -0.157. The molecule has 8 nitrogen and oxygen atoms in total. The van der Waals surface area contributed by atoms with E-state index in [0.717, 1.165) is 0 Å². The maximum Gasteiger partial charge on any atom is 0.324 e. The van der Waals surface area contributed by atoms with Crippen LogP contribution in [0.15, 0.2) is 48.7 Å². The molecule has 2 aromatic carbocycles. The summed E-state index contributed by atoms with van der Waals surface area (Å²) in [4.78, 5) is 25.8. The highest BCUT2D eigenvalue weighted by Gasteiger charge is 2.29. The maximum absolute atomic E-state index is 13.3. The van der Waals surface area contributed by atoms with Gasteiger partial charge in [0.25, 0.3) is 5.91 Å². The zero-order valence-electron chi connectivity index (χ0n) is 19.1. The molecular weight excluding hydrogens is 520 g/mol. The van der Waals surface area contributed by atoms with Gasteiger partial charge in [0.2, 0.25) is 0 Å². The predicted octanol–water partition coefficient (Wildman–Crippen LogP) is 4.76. The van der Waals surface area contributed by atoms with Crippen LogP contribution in [0.25, 0.3) is 5.69 Å². The number of nitrogens with one attached hydrogen (secondary N) is 2. The summed E-state index contributed by atoms with van der Waals surface area (Å²) in [5.41, 5.74) is -0.707. The standard InChI is InChI=1S/C23H23Cl3FN5O3/c1-23(2,3)35-22(34)17(10-13-4-7-15(27)8-5-13)28-20(26)21(33)29-16-11-14(24)6-9-18(16)32-12-19(25)30-31-32/h4-9,11-12,17,20,28H,10H2,1-3H3,(H,29,33). The van der Waals surface area contributed by atoms with Crippen LogP contribution in [0.3, 0.4) is 0 Å². The molecule has 0 saturated heterocycles. The monoisotopic (exact) mass is 541 g/mol. The van der Waals surface area contributed by atoms with E-state index in [1.165, 1.54) is 29.1 Å². The van der Waals surface area contributed by atoms with Gasteiger partial charge in [0.05, 0.1) is 17.6 Å². The van der Waals surface area contributed by atoms with E-state index in [-0.39, 0.29) is 11.6 Å². The normalized spacial score (nSPS) is 13.2. The average molecular weight is 543 g/mol. The van der Waals surface area contributed by atoms with Gasteiger partial charge < -0.3 is 10.1 Å². The Morgan fingerprint density at radius 1 is 1.14 bits per heavy atom. The van der Waals surface area contributed by atoms with E-state index in [4.69, 9.17) is 39.5 Å². The first-order valence-electron chi connectivity index (χ1n) is 10.5. The molecule has 0 aliphatic carbocycles. The number of benzene rings is 2. The smallest absolute Gasteiger partial charge is 0.324 e. The zero-order chi connectivity index (χ0) is 25.8. The van der Waals surface area contributed by atoms with Crippen LogP contribution in [-0.4, -0.2) is 44.0 Å². The van der Waals surface area contributed by atoms with Crippen LogP contribution in [0.2, 0.25) is 10.2 Å². The van der Waals surface area contributed by atoms with Crippen molar-refractivity contribution in [2.45, 2.75) is 44.3 Å². The molecule has 2 atom stereocenters. The zero-order valence-corrected chi connectivity index (χ0v) is 21.3. The van der Waals surface area contributed by atoms with E-state index in [1.807, 2.05) is 0 Å². The molecule has 1 heterocycles. The lowest BCUT2D eigenvalue weighted by Crippen LogP contribution is -2.49. The summed E-state index contributed by atoms with van der Waals surface area (Å²) in [6.07, 6.45) is 1.57. The second-order valence-corrected chi connectivity index (χ2v) is 9.84. The van der Waals surface area contributed by atoms with Gasteiger partial charge in [-0.05, 0) is 63.1 Å². The van der Waals surface area contributed by atoms with Gasteiger partial charge in [0.1, 0.15) is 17.5 Å². The highest BCUT2D eigenvalue weighted by molar-refractivity contribution is 6.33. The Hall–Kier alpha value is -2.72. The summed E-state index contributed by atoms with van der Waals surface area (Å²) in [5.74, 6) is -1.67. The number of hydrogen-bond donors (Lipinski definition) is 2. The van der Waals surface area contributed by atoms with Gasteiger partial charge >= 0.3 is 5.97 Å². The molecule has 0 saturated carbocycles. The first kappa shape index (κ1) is 26.9. The lowest BCUT2D eigenvalue weighted by atomic mass is 10.1. The van der Waals surface area contributed by atoms with E-state index in [9.17, 15) is 14.0 Å². The van der Waals surface area contributed by atoms with Crippen LogP contribution in [-0.2, 0) is 20.7 Å². The fourth-order valence-electron chi connectivity index (χ4n) is 3.06. The molecule has 0 aliphatic rings. The molecule has 0 spiro atoms. The molecule has 3 rings (SSSR count). The van der Waals surface area contributed by atoms with Crippen molar-refractivity contribution in [1.82, 2.24) is 20.3 Å². The summed E-state index contributed by atoms with van der Waals surface area (Å²) in [6.45, 7) is 5.17. The number of alkyl halides is 1. The van der Waals surface area contributed by atoms with Crippen LogP contribution < -0.4 is 10.6 Å². The molecule has 0 radical (unpaired) electrons. The van der Waals surface area contributed by atoms with Gasteiger partial charge in [-0.1, -0.05) is 52.1 Å². The molecule has 186 valence electrons. The highest BCUT2D eigenvalue weighted by Crippen LogP contribution is 2.25. The van der Waals surface area contributed by atoms with Gasteiger partial charge in [-0.3, -0.25) is 14.9 Å². The maximum atomic E-state index is 13.3. The number of ether oxygens (including phenoxy) is 1. The van der Waals surface area contributed by atoms with Gasteiger partial charge in [0, 0.05) is 5.02 Å². The first-order valence-corrected chi connectivity index (χ1v) is 11.7. The van der Waals surface area contributed by atoms with Crippen LogP contribution in [0.4, 0.5) is 10.1 Å². The summed E-state index contributed by atoms with van der Waals surface area (Å²) in [7, 11) is 0. The van der Waals surface area contributed by atoms with E-state index in [1.54, 1.807) is 45.0 Å². The Bertz CT molecular complexity index is 1200. The molecule has 2 unspecified atom stereocenters. The van der Waals surface area contributed by atoms with Crippen molar-refractivity contribution >= 4 is 52.4 Å². The van der Waals surface area contributed by atoms with E-state index < -0.39 is 34.8 Å². The fraction of sp³-hybridized carbons (Fsp3) is 0.304. The molecule has 0 aliphatic heterocycles. The Balaban J connectivity index is 1.78. The number of anilines is 1. The van der Waals surface area contributed by atoms with Crippen molar-refractivity contribution in [2.24, 2.45) is 0 Å². The molecule has 35 heavy (non-hydrogen) atoms. The van der Waals surface area contributed by atoms with E-state index in [2.05, 4.69) is 20.9 Å². The number of carbonyl (C=O) groups is 2. The Labute approximate surface area is 216 Å². The minimum atomic E-state index is -1.33. The number of halogens is 4. The van der Waals surface area contributed by atoms with Crippen molar-refractivity contribution in [2.75, 3.05) is 5.32 Å². The third-order valence-corrected chi connectivity index (χ3v) is 5.28. The average Bonchev–Trinajstić information content (AvgIpc) is 3.19. The largest absolute Gasteiger partial charge is 0.459 e. The second-order valence-electron chi connectivity index (χ2n) is 8.58. The summed E-state index contributed by atoms with van der Waals surface area (Å²) in [5, 5.41) is 13.6. The SMILES string of the molecule is CC(C)(C)OC(=O)C(Cc1ccc(F)cc1)NC(Cl)C(=O)Nc1cc(Cl)ccc1-n1cc(Cl)nn1. The van der Waals surface area contributed by atoms with Crippen molar-refractivity contribution in [3.8, 4) is 5.69 Å². The van der Waals surface area contributed by atoms with E-state index >= 15 is 0 Å². The van der Waals surface area contributed by atoms with E-state index in [0.29, 0.717) is 22.0 Å². The highest BCUT2D eigenvalue weighted by atomic mass is 35.5. The van der Waals surface area contributed by atoms with Gasteiger partial charge in [-0.15, -0.1) is 5.10 Å². The molecule has 2 N–H and O–H groups in total. The van der Waals surface area contributed by atoms with Crippen molar-refractivity contribution < 1.29 is 18.7 Å². The summed E-state index contributed by atoms with van der Waals surface area (Å²) in [6, 6.07) is 9.40. The number of rotatable bonds is 8.